The SMILES string of the molecule is [2H][C@](C)(CC(=O)OC)[C@H](OCOCc1ccccc1)C(C)C. The topological polar surface area (TPSA) is 44.8 Å². The largest absolute Gasteiger partial charge is 0.469 e. The van der Waals surface area contributed by atoms with Gasteiger partial charge in [-0.15, -0.1) is 0 Å². The fraction of sp³-hybridized carbons (Fsp3) is 0.588. The first-order valence-electron chi connectivity index (χ1n) is 7.67. The summed E-state index contributed by atoms with van der Waals surface area (Å²) in [6, 6.07) is 9.81. The lowest BCUT2D eigenvalue weighted by atomic mass is 9.92. The van der Waals surface area contributed by atoms with Gasteiger partial charge in [-0.3, -0.25) is 4.79 Å². The van der Waals surface area contributed by atoms with E-state index in [1.807, 2.05) is 44.2 Å². The lowest BCUT2D eigenvalue weighted by Gasteiger charge is -2.27. The lowest BCUT2D eigenvalue weighted by molar-refractivity contribution is -0.148. The summed E-state index contributed by atoms with van der Waals surface area (Å²) >= 11 is 0. The third-order valence-electron chi connectivity index (χ3n) is 3.18. The van der Waals surface area contributed by atoms with E-state index in [1.54, 1.807) is 6.92 Å². The van der Waals surface area contributed by atoms with E-state index in [9.17, 15) is 4.79 Å². The summed E-state index contributed by atoms with van der Waals surface area (Å²) in [7, 11) is 1.33. The van der Waals surface area contributed by atoms with Crippen LogP contribution < -0.4 is 0 Å². The fourth-order valence-electron chi connectivity index (χ4n) is 2.16. The molecule has 0 amide bonds. The fourth-order valence-corrected chi connectivity index (χ4v) is 2.16. The zero-order valence-corrected chi connectivity index (χ0v) is 13.3. The van der Waals surface area contributed by atoms with E-state index < -0.39 is 18.0 Å². The van der Waals surface area contributed by atoms with Gasteiger partial charge in [0.25, 0.3) is 0 Å². The highest BCUT2D eigenvalue weighted by atomic mass is 16.7. The zero-order chi connectivity index (χ0) is 16.6. The van der Waals surface area contributed by atoms with Gasteiger partial charge in [0.2, 0.25) is 0 Å². The smallest absolute Gasteiger partial charge is 0.305 e. The molecule has 1 aromatic carbocycles. The Morgan fingerprint density at radius 1 is 1.24 bits per heavy atom. The van der Waals surface area contributed by atoms with Crippen molar-refractivity contribution in [3.05, 3.63) is 35.9 Å². The van der Waals surface area contributed by atoms with E-state index in [1.165, 1.54) is 7.11 Å². The molecule has 0 saturated heterocycles. The number of carbonyl (C=O) groups is 1. The molecule has 21 heavy (non-hydrogen) atoms. The predicted octanol–water partition coefficient (Wildman–Crippen LogP) is 3.40. The van der Waals surface area contributed by atoms with Crippen LogP contribution in [0.1, 0.15) is 34.1 Å². The first kappa shape index (κ1) is 16.0. The van der Waals surface area contributed by atoms with Crippen LogP contribution in [0, 0.1) is 11.8 Å². The molecular weight excluding hydrogens is 268 g/mol. The van der Waals surface area contributed by atoms with Gasteiger partial charge in [0.15, 0.2) is 0 Å². The van der Waals surface area contributed by atoms with Crippen molar-refractivity contribution in [3.63, 3.8) is 0 Å². The van der Waals surface area contributed by atoms with Gasteiger partial charge < -0.3 is 14.2 Å². The molecule has 118 valence electrons. The van der Waals surface area contributed by atoms with E-state index in [0.29, 0.717) is 6.61 Å². The molecule has 0 fully saturated rings. The third kappa shape index (κ3) is 6.74. The molecule has 0 aromatic heterocycles. The third-order valence-corrected chi connectivity index (χ3v) is 3.18. The molecule has 4 nitrogen and oxygen atoms in total. The maximum atomic E-state index is 11.4. The van der Waals surface area contributed by atoms with Crippen LogP contribution in [0.3, 0.4) is 0 Å². The molecule has 2 atom stereocenters. The van der Waals surface area contributed by atoms with Gasteiger partial charge >= 0.3 is 5.97 Å². The Hall–Kier alpha value is -1.39. The first-order chi connectivity index (χ1) is 10.4. The van der Waals surface area contributed by atoms with E-state index >= 15 is 0 Å². The summed E-state index contributed by atoms with van der Waals surface area (Å²) in [5, 5.41) is 0. The number of carbonyl (C=O) groups excluding carboxylic acids is 1. The molecule has 0 radical (unpaired) electrons. The van der Waals surface area contributed by atoms with E-state index in [4.69, 9.17) is 10.8 Å². The summed E-state index contributed by atoms with van der Waals surface area (Å²) in [6.45, 7) is 6.16. The molecule has 0 unspecified atom stereocenters. The highest BCUT2D eigenvalue weighted by Gasteiger charge is 2.24. The van der Waals surface area contributed by atoms with Crippen LogP contribution in [0.15, 0.2) is 30.3 Å². The van der Waals surface area contributed by atoms with E-state index in [-0.39, 0.29) is 19.1 Å². The van der Waals surface area contributed by atoms with Crippen LogP contribution in [0.25, 0.3) is 0 Å². The number of benzene rings is 1. The minimum absolute atomic E-state index is 0.00890. The quantitative estimate of drug-likeness (QED) is 0.398. The van der Waals surface area contributed by atoms with Gasteiger partial charge in [-0.2, -0.15) is 0 Å². The van der Waals surface area contributed by atoms with Crippen LogP contribution >= 0.6 is 0 Å². The average Bonchev–Trinajstić information content (AvgIpc) is 2.46. The standard InChI is InChI=1S/C17H26O4/c1-13(2)17(14(3)10-16(18)19-4)21-12-20-11-15-8-6-5-7-9-15/h5-9,13-14,17H,10-12H2,1-4H3/t14-,17+/m0/s1/i14D. The normalized spacial score (nSPS) is 16.1. The van der Waals surface area contributed by atoms with Crippen LogP contribution in [-0.4, -0.2) is 26.0 Å². The Morgan fingerprint density at radius 2 is 1.90 bits per heavy atom. The van der Waals surface area contributed by atoms with Gasteiger partial charge in [-0.25, -0.2) is 0 Å². The van der Waals surface area contributed by atoms with Crippen molar-refractivity contribution < 1.29 is 20.4 Å². The molecule has 0 heterocycles. The van der Waals surface area contributed by atoms with Crippen molar-refractivity contribution in [2.45, 2.75) is 39.9 Å². The Morgan fingerprint density at radius 3 is 2.48 bits per heavy atom. The summed E-state index contributed by atoms with van der Waals surface area (Å²) in [5.74, 6) is -1.37. The molecule has 4 heteroatoms. The van der Waals surface area contributed by atoms with Crippen LogP contribution in [-0.2, 0) is 25.6 Å². The molecule has 0 aliphatic rings. The second kappa shape index (κ2) is 9.53. The van der Waals surface area contributed by atoms with E-state index in [2.05, 4.69) is 4.74 Å². The maximum Gasteiger partial charge on any atom is 0.305 e. The molecule has 0 aliphatic carbocycles. The Balaban J connectivity index is 2.48. The minimum atomic E-state index is -1.06. The summed E-state index contributed by atoms with van der Waals surface area (Å²) in [6.07, 6.45) is -0.423. The number of esters is 1. The Labute approximate surface area is 128 Å². The summed E-state index contributed by atoms with van der Waals surface area (Å²) in [4.78, 5) is 11.4. The average molecular weight is 295 g/mol. The van der Waals surface area contributed by atoms with Gasteiger partial charge in [0, 0.05) is 1.37 Å². The van der Waals surface area contributed by atoms with Gasteiger partial charge in [0.05, 0.1) is 26.2 Å². The summed E-state index contributed by atoms with van der Waals surface area (Å²) < 4.78 is 24.2. The van der Waals surface area contributed by atoms with Crippen molar-refractivity contribution in [1.82, 2.24) is 0 Å². The van der Waals surface area contributed by atoms with Gasteiger partial charge in [0.1, 0.15) is 6.79 Å². The monoisotopic (exact) mass is 295 g/mol. The van der Waals surface area contributed by atoms with Crippen LogP contribution in [0.5, 0.6) is 0 Å². The second-order valence-corrected chi connectivity index (χ2v) is 5.38. The molecule has 0 saturated carbocycles. The molecule has 0 aliphatic heterocycles. The highest BCUT2D eigenvalue weighted by Crippen LogP contribution is 2.20. The first-order valence-corrected chi connectivity index (χ1v) is 7.17. The highest BCUT2D eigenvalue weighted by molar-refractivity contribution is 5.69. The predicted molar refractivity (Wildman–Crippen MR) is 81.6 cm³/mol. The van der Waals surface area contributed by atoms with Crippen molar-refractivity contribution >= 4 is 5.97 Å². The van der Waals surface area contributed by atoms with E-state index in [0.717, 1.165) is 5.56 Å². The molecular formula is C17H26O4. The minimum Gasteiger partial charge on any atom is -0.469 e. The lowest BCUT2D eigenvalue weighted by Crippen LogP contribution is -2.30. The Kier molecular flexibility index (Phi) is 7.25. The molecule has 0 bridgehead atoms. The number of methoxy groups -OCH3 is 1. The summed E-state index contributed by atoms with van der Waals surface area (Å²) in [5.41, 5.74) is 1.07. The molecule has 0 spiro atoms. The number of hydrogen-bond acceptors (Lipinski definition) is 4. The molecule has 0 N–H and O–H groups in total. The second-order valence-electron chi connectivity index (χ2n) is 5.38. The van der Waals surface area contributed by atoms with Gasteiger partial charge in [-0.05, 0) is 17.4 Å². The zero-order valence-electron chi connectivity index (χ0n) is 14.3. The molecule has 1 rings (SSSR count). The van der Waals surface area contributed by atoms with Crippen molar-refractivity contribution in [1.29, 1.82) is 0 Å². The van der Waals surface area contributed by atoms with Gasteiger partial charge in [-0.1, -0.05) is 51.1 Å². The number of rotatable bonds is 9. The number of ether oxygens (including phenoxy) is 3. The van der Waals surface area contributed by atoms with Crippen LogP contribution in [0.4, 0.5) is 0 Å². The van der Waals surface area contributed by atoms with Crippen LogP contribution in [0.2, 0.25) is 0 Å². The van der Waals surface area contributed by atoms with Crippen molar-refractivity contribution in [2.75, 3.05) is 13.9 Å². The molecule has 1 aromatic rings. The van der Waals surface area contributed by atoms with Crippen molar-refractivity contribution in [2.24, 2.45) is 11.8 Å². The number of hydrogen-bond donors (Lipinski definition) is 0. The maximum absolute atomic E-state index is 11.4. The Bertz CT molecular complexity index is 445. The van der Waals surface area contributed by atoms with Crippen molar-refractivity contribution in [3.8, 4) is 0 Å².